The molecule has 124 valence electrons. The first kappa shape index (κ1) is 15.2. The summed E-state index contributed by atoms with van der Waals surface area (Å²) in [6.07, 6.45) is 2.21. The van der Waals surface area contributed by atoms with Crippen molar-refractivity contribution in [2.75, 3.05) is 38.6 Å². The van der Waals surface area contributed by atoms with Gasteiger partial charge in [-0.15, -0.1) is 0 Å². The first-order chi connectivity index (χ1) is 11.8. The maximum absolute atomic E-state index is 5.88. The second-order valence-electron chi connectivity index (χ2n) is 6.21. The van der Waals surface area contributed by atoms with Crippen molar-refractivity contribution in [3.8, 4) is 5.75 Å². The van der Waals surface area contributed by atoms with Gasteiger partial charge in [0.15, 0.2) is 0 Å². The molecule has 0 unspecified atom stereocenters. The number of nitrogens with two attached hydrogens (primary N) is 1. The van der Waals surface area contributed by atoms with Gasteiger partial charge in [0.2, 0.25) is 0 Å². The monoisotopic (exact) mass is 323 g/mol. The van der Waals surface area contributed by atoms with Gasteiger partial charge in [-0.3, -0.25) is 4.90 Å². The van der Waals surface area contributed by atoms with Crippen LogP contribution >= 0.6 is 0 Å². The number of anilines is 1. The maximum atomic E-state index is 5.88. The first-order valence-corrected chi connectivity index (χ1v) is 8.25. The summed E-state index contributed by atoms with van der Waals surface area (Å²) in [5.74, 6) is 1.50. The molecule has 5 heteroatoms. The molecule has 1 aromatic heterocycles. The number of morpholine rings is 1. The van der Waals surface area contributed by atoms with Crippen molar-refractivity contribution in [2.45, 2.75) is 6.10 Å². The van der Waals surface area contributed by atoms with Crippen LogP contribution in [0, 0.1) is 0 Å². The summed E-state index contributed by atoms with van der Waals surface area (Å²) in [5.41, 5.74) is 9.13. The predicted molar refractivity (Wildman–Crippen MR) is 93.7 cm³/mol. The van der Waals surface area contributed by atoms with Crippen molar-refractivity contribution in [2.24, 2.45) is 0 Å². The molecule has 0 radical (unpaired) electrons. The molecule has 1 fully saturated rings. The van der Waals surface area contributed by atoms with Crippen molar-refractivity contribution in [3.63, 3.8) is 0 Å². The highest BCUT2D eigenvalue weighted by atomic mass is 16.5. The molecule has 24 heavy (non-hydrogen) atoms. The summed E-state index contributed by atoms with van der Waals surface area (Å²) in [6, 6.07) is 13.8. The second-order valence-corrected chi connectivity index (χ2v) is 6.21. The van der Waals surface area contributed by atoms with E-state index in [1.54, 1.807) is 6.07 Å². The lowest BCUT2D eigenvalue weighted by Crippen LogP contribution is -2.40. The Hall–Kier alpha value is -2.37. The number of pyridine rings is 1. The third-order valence-corrected chi connectivity index (χ3v) is 4.39. The summed E-state index contributed by atoms with van der Waals surface area (Å²) in [7, 11) is 0. The number of benzene rings is 1. The Morgan fingerprint density at radius 1 is 1.17 bits per heavy atom. The van der Waals surface area contributed by atoms with Gasteiger partial charge in [0, 0.05) is 25.2 Å². The van der Waals surface area contributed by atoms with Crippen LogP contribution in [0.2, 0.25) is 0 Å². The van der Waals surface area contributed by atoms with Crippen LogP contribution in [0.5, 0.6) is 5.75 Å². The molecule has 5 nitrogen and oxygen atoms in total. The van der Waals surface area contributed by atoms with E-state index in [1.165, 1.54) is 5.57 Å². The Labute approximate surface area is 141 Å². The zero-order chi connectivity index (χ0) is 16.4. The molecular formula is C19H21N3O2. The molecule has 2 N–H and O–H groups in total. The van der Waals surface area contributed by atoms with E-state index in [9.17, 15) is 0 Å². The minimum atomic E-state index is -0.0281. The number of para-hydroxylation sites is 1. The smallest absolute Gasteiger partial charge is 0.127 e. The van der Waals surface area contributed by atoms with Crippen LogP contribution in [-0.2, 0) is 4.74 Å². The summed E-state index contributed by atoms with van der Waals surface area (Å²) in [6.45, 7) is 3.96. The topological polar surface area (TPSA) is 60.6 Å². The number of fused-ring (bicyclic) bond motifs is 1. The number of aromatic nitrogens is 1. The number of rotatable bonds is 3. The highest BCUT2D eigenvalue weighted by Crippen LogP contribution is 2.27. The minimum absolute atomic E-state index is 0.0281. The van der Waals surface area contributed by atoms with Crippen molar-refractivity contribution in [1.29, 1.82) is 0 Å². The lowest BCUT2D eigenvalue weighted by atomic mass is 10.1. The summed E-state index contributed by atoms with van der Waals surface area (Å²) >= 11 is 0. The van der Waals surface area contributed by atoms with E-state index in [2.05, 4.69) is 22.0 Å². The summed E-state index contributed by atoms with van der Waals surface area (Å²) < 4.78 is 11.7. The molecule has 2 aliphatic rings. The normalized spacial score (nSPS) is 20.8. The fourth-order valence-electron chi connectivity index (χ4n) is 3.22. The molecule has 1 atom stereocenters. The van der Waals surface area contributed by atoms with Gasteiger partial charge in [-0.05, 0) is 29.8 Å². The van der Waals surface area contributed by atoms with Crippen molar-refractivity contribution < 1.29 is 9.47 Å². The zero-order valence-corrected chi connectivity index (χ0v) is 13.5. The van der Waals surface area contributed by atoms with E-state index in [0.717, 1.165) is 36.6 Å². The van der Waals surface area contributed by atoms with E-state index in [4.69, 9.17) is 15.2 Å². The van der Waals surface area contributed by atoms with E-state index < -0.39 is 0 Å². The Bertz CT molecular complexity index is 760. The highest BCUT2D eigenvalue weighted by Gasteiger charge is 2.24. The van der Waals surface area contributed by atoms with Gasteiger partial charge in [0.1, 0.15) is 24.3 Å². The number of nitrogens with zero attached hydrogens (tertiary/aromatic N) is 2. The third-order valence-electron chi connectivity index (χ3n) is 4.39. The van der Waals surface area contributed by atoms with Crippen LogP contribution in [-0.4, -0.2) is 42.7 Å². The molecule has 0 amide bonds. The number of hydrogen-bond acceptors (Lipinski definition) is 5. The number of nitrogen functional groups attached to an aromatic ring is 1. The quantitative estimate of drug-likeness (QED) is 0.940. The average Bonchev–Trinajstić information content (AvgIpc) is 2.62. The molecule has 4 rings (SSSR count). The van der Waals surface area contributed by atoms with E-state index in [-0.39, 0.29) is 6.10 Å². The largest absolute Gasteiger partial charge is 0.489 e. The molecular weight excluding hydrogens is 302 g/mol. The van der Waals surface area contributed by atoms with Gasteiger partial charge >= 0.3 is 0 Å². The predicted octanol–water partition coefficient (Wildman–Crippen LogP) is 2.51. The molecule has 3 heterocycles. The molecule has 0 spiro atoms. The molecule has 0 aliphatic carbocycles. The number of ether oxygens (including phenoxy) is 2. The fourth-order valence-corrected chi connectivity index (χ4v) is 3.22. The van der Waals surface area contributed by atoms with Gasteiger partial charge in [-0.1, -0.05) is 24.3 Å². The Morgan fingerprint density at radius 3 is 3.00 bits per heavy atom. The summed E-state index contributed by atoms with van der Waals surface area (Å²) in [4.78, 5) is 6.79. The van der Waals surface area contributed by atoms with Gasteiger partial charge in [0.05, 0.1) is 12.3 Å². The van der Waals surface area contributed by atoms with Crippen LogP contribution in [0.4, 0.5) is 5.82 Å². The Balaban J connectivity index is 1.45. The SMILES string of the molecule is Nc1cccc([C@@H]2CN(CC3=Cc4ccccc4OC3)CCO2)n1. The lowest BCUT2D eigenvalue weighted by Gasteiger charge is -2.33. The maximum Gasteiger partial charge on any atom is 0.127 e. The molecule has 1 saturated heterocycles. The van der Waals surface area contributed by atoms with Crippen molar-refractivity contribution >= 4 is 11.9 Å². The highest BCUT2D eigenvalue weighted by molar-refractivity contribution is 5.62. The molecule has 0 bridgehead atoms. The van der Waals surface area contributed by atoms with E-state index >= 15 is 0 Å². The van der Waals surface area contributed by atoms with Gasteiger partial charge in [0.25, 0.3) is 0 Å². The van der Waals surface area contributed by atoms with Crippen LogP contribution in [0.25, 0.3) is 6.08 Å². The van der Waals surface area contributed by atoms with Gasteiger partial charge in [-0.25, -0.2) is 4.98 Å². The first-order valence-electron chi connectivity index (χ1n) is 8.25. The van der Waals surface area contributed by atoms with Crippen LogP contribution < -0.4 is 10.5 Å². The van der Waals surface area contributed by atoms with Gasteiger partial charge < -0.3 is 15.2 Å². The van der Waals surface area contributed by atoms with Crippen LogP contribution in [0.1, 0.15) is 17.4 Å². The Morgan fingerprint density at radius 2 is 2.08 bits per heavy atom. The summed E-state index contributed by atoms with van der Waals surface area (Å²) in [5, 5.41) is 0. The van der Waals surface area contributed by atoms with Crippen LogP contribution in [0.3, 0.4) is 0 Å². The van der Waals surface area contributed by atoms with E-state index in [0.29, 0.717) is 19.0 Å². The fraction of sp³-hybridized carbons (Fsp3) is 0.316. The molecule has 1 aromatic carbocycles. The average molecular weight is 323 g/mol. The molecule has 2 aliphatic heterocycles. The Kier molecular flexibility index (Phi) is 4.19. The second kappa shape index (κ2) is 6.63. The number of hydrogen-bond donors (Lipinski definition) is 1. The zero-order valence-electron chi connectivity index (χ0n) is 13.5. The molecule has 2 aromatic rings. The van der Waals surface area contributed by atoms with Crippen LogP contribution in [0.15, 0.2) is 48.0 Å². The molecule has 0 saturated carbocycles. The minimum Gasteiger partial charge on any atom is -0.489 e. The standard InChI is InChI=1S/C19H21N3O2/c20-19-7-3-5-16(21-19)18-12-22(8-9-23-18)11-14-10-15-4-1-2-6-17(15)24-13-14/h1-7,10,18H,8-9,11-13H2,(H2,20,21)/t18-/m0/s1. The van der Waals surface area contributed by atoms with Crippen molar-refractivity contribution in [3.05, 3.63) is 59.3 Å². The van der Waals surface area contributed by atoms with Gasteiger partial charge in [-0.2, -0.15) is 0 Å². The van der Waals surface area contributed by atoms with E-state index in [1.807, 2.05) is 30.3 Å². The lowest BCUT2D eigenvalue weighted by molar-refractivity contribution is -0.0293. The third kappa shape index (κ3) is 3.27. The van der Waals surface area contributed by atoms with Crippen molar-refractivity contribution in [1.82, 2.24) is 9.88 Å².